The van der Waals surface area contributed by atoms with E-state index < -0.39 is 0 Å². The number of rotatable bonds is 8. The van der Waals surface area contributed by atoms with Crippen molar-refractivity contribution < 1.29 is 19.1 Å². The molecule has 1 aliphatic heterocycles. The normalized spacial score (nSPS) is 15.3. The fourth-order valence-corrected chi connectivity index (χ4v) is 2.67. The fraction of sp³-hybridized carbons (Fsp3) is 0.450. The summed E-state index contributed by atoms with van der Waals surface area (Å²) in [7, 11) is 0. The van der Waals surface area contributed by atoms with Crippen molar-refractivity contribution in [1.82, 2.24) is 10.2 Å². The minimum Gasteiger partial charge on any atom is -0.379 e. The molecule has 0 spiro atoms. The van der Waals surface area contributed by atoms with Crippen molar-refractivity contribution in [2.24, 2.45) is 0 Å². The second-order valence-electron chi connectivity index (χ2n) is 6.51. The molecule has 146 valence electrons. The maximum atomic E-state index is 12.2. The van der Waals surface area contributed by atoms with Crippen LogP contribution >= 0.6 is 0 Å². The van der Waals surface area contributed by atoms with Crippen molar-refractivity contribution in [2.75, 3.05) is 44.7 Å². The Hall–Kier alpha value is -2.51. The summed E-state index contributed by atoms with van der Waals surface area (Å²) >= 11 is 0. The average molecular weight is 373 g/mol. The summed E-state index contributed by atoms with van der Waals surface area (Å²) in [6.45, 7) is 7.95. The predicted molar refractivity (Wildman–Crippen MR) is 104 cm³/mol. The molecule has 0 aliphatic carbocycles. The van der Waals surface area contributed by atoms with Gasteiger partial charge in [-0.05, 0) is 51.1 Å². The van der Waals surface area contributed by atoms with Crippen molar-refractivity contribution >= 4 is 23.3 Å². The molecule has 0 aromatic heterocycles. The number of nitrogens with one attached hydrogen (secondary N) is 2. The Balaban J connectivity index is 1.72. The van der Waals surface area contributed by atoms with Crippen LogP contribution in [0.15, 0.2) is 35.9 Å². The summed E-state index contributed by atoms with van der Waals surface area (Å²) in [4.78, 5) is 37.7. The Kier molecular flexibility index (Phi) is 8.16. The van der Waals surface area contributed by atoms with Crippen LogP contribution in [-0.2, 0) is 14.3 Å². The topological polar surface area (TPSA) is 87.7 Å². The number of hydrogen-bond acceptors (Lipinski definition) is 5. The number of benzene rings is 1. The van der Waals surface area contributed by atoms with Gasteiger partial charge >= 0.3 is 0 Å². The first-order valence-electron chi connectivity index (χ1n) is 9.14. The highest BCUT2D eigenvalue weighted by atomic mass is 16.5. The Labute approximate surface area is 159 Å². The maximum Gasteiger partial charge on any atom is 0.251 e. The molecule has 1 aromatic rings. The number of morpholine rings is 1. The van der Waals surface area contributed by atoms with Crippen molar-refractivity contribution in [3.8, 4) is 0 Å². The van der Waals surface area contributed by atoms with Gasteiger partial charge in [0.1, 0.15) is 0 Å². The molecule has 2 amide bonds. The highest BCUT2D eigenvalue weighted by Gasteiger charge is 2.10. The lowest BCUT2D eigenvalue weighted by Crippen LogP contribution is -2.38. The molecule has 0 saturated carbocycles. The summed E-state index contributed by atoms with van der Waals surface area (Å²) in [5, 5.41) is 5.51. The molecule has 1 heterocycles. The zero-order chi connectivity index (χ0) is 19.6. The van der Waals surface area contributed by atoms with Gasteiger partial charge < -0.3 is 15.4 Å². The van der Waals surface area contributed by atoms with Gasteiger partial charge in [0.25, 0.3) is 5.91 Å². The van der Waals surface area contributed by atoms with E-state index >= 15 is 0 Å². The van der Waals surface area contributed by atoms with Gasteiger partial charge in [0, 0.05) is 42.5 Å². The smallest absolute Gasteiger partial charge is 0.251 e. The molecule has 1 aliphatic rings. The van der Waals surface area contributed by atoms with Gasteiger partial charge in [0.15, 0.2) is 5.78 Å². The molecule has 7 nitrogen and oxygen atoms in total. The number of hydrogen-bond donors (Lipinski definition) is 2. The molecular weight excluding hydrogens is 346 g/mol. The molecule has 2 N–H and O–H groups in total. The minimum atomic E-state index is -0.353. The summed E-state index contributed by atoms with van der Waals surface area (Å²) in [6, 6.07) is 6.62. The molecule has 1 fully saturated rings. The van der Waals surface area contributed by atoms with Gasteiger partial charge in [-0.2, -0.15) is 0 Å². The quantitative estimate of drug-likeness (QED) is 0.411. The molecule has 1 saturated heterocycles. The van der Waals surface area contributed by atoms with Crippen molar-refractivity contribution in [3.63, 3.8) is 0 Å². The standard InChI is InChI=1S/C20H27N3O4/c1-15(20(26)22-18-6-4-17(5-7-18)16(2)24)14-19(25)21-8-3-9-23-10-12-27-13-11-23/h4-7,14H,3,8-13H2,1-2H3,(H,21,25)(H,22,26)/b15-14-. The van der Waals surface area contributed by atoms with Crippen LogP contribution in [0, 0.1) is 0 Å². The van der Waals surface area contributed by atoms with Gasteiger partial charge in [0.05, 0.1) is 13.2 Å². The Morgan fingerprint density at radius 3 is 2.41 bits per heavy atom. The molecule has 2 rings (SSSR count). The molecule has 7 heteroatoms. The van der Waals surface area contributed by atoms with Crippen molar-refractivity contribution in [2.45, 2.75) is 20.3 Å². The summed E-state index contributed by atoms with van der Waals surface area (Å²) in [5.41, 5.74) is 1.47. The van der Waals surface area contributed by atoms with E-state index in [1.54, 1.807) is 31.2 Å². The highest BCUT2D eigenvalue weighted by molar-refractivity contribution is 6.07. The van der Waals surface area contributed by atoms with Crippen LogP contribution in [-0.4, -0.2) is 61.9 Å². The van der Waals surface area contributed by atoms with Gasteiger partial charge in [-0.3, -0.25) is 19.3 Å². The number of ketones is 1. The van der Waals surface area contributed by atoms with E-state index in [4.69, 9.17) is 4.74 Å². The molecule has 1 aromatic carbocycles. The molecule has 0 bridgehead atoms. The molecule has 0 atom stereocenters. The van der Waals surface area contributed by atoms with Crippen LogP contribution in [0.4, 0.5) is 5.69 Å². The van der Waals surface area contributed by atoms with Crippen LogP contribution in [0.1, 0.15) is 30.6 Å². The van der Waals surface area contributed by atoms with E-state index in [0.717, 1.165) is 39.3 Å². The molecular formula is C20H27N3O4. The SMILES string of the molecule is CC(=O)c1ccc(NC(=O)/C(C)=C\C(=O)NCCCN2CCOCC2)cc1. The van der Waals surface area contributed by atoms with Gasteiger partial charge in [0.2, 0.25) is 5.91 Å². The Morgan fingerprint density at radius 2 is 1.78 bits per heavy atom. The minimum absolute atomic E-state index is 0.0331. The van der Waals surface area contributed by atoms with E-state index in [0.29, 0.717) is 23.4 Å². The second-order valence-corrected chi connectivity index (χ2v) is 6.51. The van der Waals surface area contributed by atoms with Crippen molar-refractivity contribution in [3.05, 3.63) is 41.5 Å². The van der Waals surface area contributed by atoms with Crippen LogP contribution in [0.2, 0.25) is 0 Å². The first-order chi connectivity index (χ1) is 13.0. The van der Waals surface area contributed by atoms with Crippen LogP contribution in [0.3, 0.4) is 0 Å². The number of carbonyl (C=O) groups excluding carboxylic acids is 3. The second kappa shape index (κ2) is 10.6. The van der Waals surface area contributed by atoms with E-state index in [9.17, 15) is 14.4 Å². The van der Waals surface area contributed by atoms with E-state index in [1.807, 2.05) is 0 Å². The lowest BCUT2D eigenvalue weighted by atomic mass is 10.1. The average Bonchev–Trinajstić information content (AvgIpc) is 2.66. The van der Waals surface area contributed by atoms with Gasteiger partial charge in [-0.25, -0.2) is 0 Å². The number of ether oxygens (including phenoxy) is 1. The largest absolute Gasteiger partial charge is 0.379 e. The zero-order valence-electron chi connectivity index (χ0n) is 15.9. The maximum absolute atomic E-state index is 12.2. The number of amides is 2. The number of anilines is 1. The number of carbonyl (C=O) groups is 3. The van der Waals surface area contributed by atoms with E-state index in [-0.39, 0.29) is 17.6 Å². The Morgan fingerprint density at radius 1 is 1.11 bits per heavy atom. The van der Waals surface area contributed by atoms with Crippen molar-refractivity contribution in [1.29, 1.82) is 0 Å². The van der Waals surface area contributed by atoms with E-state index in [2.05, 4.69) is 15.5 Å². The lowest BCUT2D eigenvalue weighted by molar-refractivity contribution is -0.117. The monoisotopic (exact) mass is 373 g/mol. The molecule has 0 radical (unpaired) electrons. The van der Waals surface area contributed by atoms with Crippen LogP contribution < -0.4 is 10.6 Å². The zero-order valence-corrected chi connectivity index (χ0v) is 15.9. The predicted octanol–water partition coefficient (Wildman–Crippen LogP) is 1.61. The van der Waals surface area contributed by atoms with Gasteiger partial charge in [-0.1, -0.05) is 0 Å². The first-order valence-corrected chi connectivity index (χ1v) is 9.14. The summed E-state index contributed by atoms with van der Waals surface area (Å²) in [6.07, 6.45) is 2.15. The first kappa shape index (κ1) is 20.8. The van der Waals surface area contributed by atoms with E-state index in [1.165, 1.54) is 13.0 Å². The lowest BCUT2D eigenvalue weighted by Gasteiger charge is -2.26. The summed E-state index contributed by atoms with van der Waals surface area (Å²) < 4.78 is 5.30. The van der Waals surface area contributed by atoms with Gasteiger partial charge in [-0.15, -0.1) is 0 Å². The Bertz CT molecular complexity index is 692. The highest BCUT2D eigenvalue weighted by Crippen LogP contribution is 2.11. The van der Waals surface area contributed by atoms with Crippen LogP contribution in [0.5, 0.6) is 0 Å². The molecule has 27 heavy (non-hydrogen) atoms. The third-order valence-electron chi connectivity index (χ3n) is 4.31. The third-order valence-corrected chi connectivity index (χ3v) is 4.31. The fourth-order valence-electron chi connectivity index (χ4n) is 2.67. The third kappa shape index (κ3) is 7.32. The number of nitrogens with zero attached hydrogens (tertiary/aromatic N) is 1. The molecule has 0 unspecified atom stereocenters. The number of Topliss-reactive ketones (excluding diaryl/α,β-unsaturated/α-hetero) is 1. The van der Waals surface area contributed by atoms with Crippen LogP contribution in [0.25, 0.3) is 0 Å². The summed E-state index contributed by atoms with van der Waals surface area (Å²) in [5.74, 6) is -0.667.